The van der Waals surface area contributed by atoms with Crippen molar-refractivity contribution in [1.82, 2.24) is 0 Å². The molecule has 1 atom stereocenters. The van der Waals surface area contributed by atoms with E-state index in [9.17, 15) is 5.11 Å². The highest BCUT2D eigenvalue weighted by atomic mass is 79.9. The average Bonchev–Trinajstić information content (AvgIpc) is 2.44. The lowest BCUT2D eigenvalue weighted by Crippen LogP contribution is -2.26. The second-order valence-corrected chi connectivity index (χ2v) is 5.79. The molecule has 0 fully saturated rings. The highest BCUT2D eigenvalue weighted by Gasteiger charge is 2.08. The van der Waals surface area contributed by atoms with E-state index in [0.29, 0.717) is 19.8 Å². The van der Waals surface area contributed by atoms with Crippen LogP contribution in [0.4, 0.5) is 5.69 Å². The molecule has 0 aliphatic carbocycles. The molecule has 1 rings (SSSR count). The number of ether oxygens (including phenoxy) is 3. The molecule has 0 spiro atoms. The summed E-state index contributed by atoms with van der Waals surface area (Å²) in [6.07, 6.45) is -0.392. The van der Waals surface area contributed by atoms with Crippen molar-refractivity contribution in [2.24, 2.45) is 0 Å². The normalized spacial score (nSPS) is 12.5. The summed E-state index contributed by atoms with van der Waals surface area (Å²) in [5.74, 6) is 0.733. The van der Waals surface area contributed by atoms with Gasteiger partial charge in [-0.3, -0.25) is 0 Å². The fraction of sp³-hybridized carbons (Fsp3) is 0.600. The first-order chi connectivity index (χ1) is 10.0. The van der Waals surface area contributed by atoms with E-state index in [4.69, 9.17) is 14.2 Å². The molecule has 5 nitrogen and oxygen atoms in total. The summed E-state index contributed by atoms with van der Waals surface area (Å²) in [7, 11) is 1.61. The highest BCUT2D eigenvalue weighted by Crippen LogP contribution is 2.27. The van der Waals surface area contributed by atoms with Crippen LogP contribution >= 0.6 is 15.9 Å². The van der Waals surface area contributed by atoms with Gasteiger partial charge in [0.25, 0.3) is 0 Å². The summed E-state index contributed by atoms with van der Waals surface area (Å²) in [4.78, 5) is 0. The molecule has 21 heavy (non-hydrogen) atoms. The monoisotopic (exact) mass is 361 g/mol. The van der Waals surface area contributed by atoms with Crippen molar-refractivity contribution >= 4 is 21.6 Å². The van der Waals surface area contributed by atoms with E-state index >= 15 is 0 Å². The maximum atomic E-state index is 9.87. The van der Waals surface area contributed by atoms with Crippen LogP contribution in [0.2, 0.25) is 0 Å². The summed E-state index contributed by atoms with van der Waals surface area (Å²) in [6, 6.07) is 5.67. The predicted octanol–water partition coefficient (Wildman–Crippen LogP) is 2.67. The number of anilines is 1. The van der Waals surface area contributed by atoms with Crippen molar-refractivity contribution in [1.29, 1.82) is 0 Å². The van der Waals surface area contributed by atoms with Crippen molar-refractivity contribution in [2.75, 3.05) is 38.8 Å². The second kappa shape index (κ2) is 10.00. The van der Waals surface area contributed by atoms with Gasteiger partial charge in [0.15, 0.2) is 0 Å². The van der Waals surface area contributed by atoms with Gasteiger partial charge in [-0.05, 0) is 32.0 Å². The van der Waals surface area contributed by atoms with Gasteiger partial charge in [0.2, 0.25) is 0 Å². The minimum atomic E-state index is -0.590. The molecular formula is C15H24BrNO4. The molecule has 120 valence electrons. The van der Waals surface area contributed by atoms with Gasteiger partial charge in [0.05, 0.1) is 44.8 Å². The Morgan fingerprint density at radius 3 is 2.71 bits per heavy atom. The fourth-order valence-corrected chi connectivity index (χ4v) is 2.03. The van der Waals surface area contributed by atoms with E-state index < -0.39 is 6.10 Å². The maximum Gasteiger partial charge on any atom is 0.142 e. The molecule has 0 aliphatic heterocycles. The number of nitrogens with one attached hydrogen (secondary N) is 1. The van der Waals surface area contributed by atoms with Crippen molar-refractivity contribution in [2.45, 2.75) is 26.1 Å². The standard InChI is InChI=1S/C15H24BrNO4/c1-11(2)21-7-6-20-10-13(18)9-17-14-8-12(16)4-5-15(14)19-3/h4-5,8,11,13,17-18H,6-7,9-10H2,1-3H3. The van der Waals surface area contributed by atoms with E-state index in [-0.39, 0.29) is 12.7 Å². The third kappa shape index (κ3) is 7.66. The van der Waals surface area contributed by atoms with Crippen LogP contribution in [0.1, 0.15) is 13.8 Å². The van der Waals surface area contributed by atoms with E-state index in [2.05, 4.69) is 21.2 Å². The van der Waals surface area contributed by atoms with E-state index in [0.717, 1.165) is 15.9 Å². The summed E-state index contributed by atoms with van der Waals surface area (Å²) in [5, 5.41) is 13.0. The van der Waals surface area contributed by atoms with Crippen LogP contribution < -0.4 is 10.1 Å². The van der Waals surface area contributed by atoms with Crippen LogP contribution in [0.25, 0.3) is 0 Å². The van der Waals surface area contributed by atoms with Gasteiger partial charge in [0, 0.05) is 11.0 Å². The molecule has 0 radical (unpaired) electrons. The minimum Gasteiger partial charge on any atom is -0.495 e. The van der Waals surface area contributed by atoms with Crippen LogP contribution in [-0.2, 0) is 9.47 Å². The first-order valence-corrected chi connectivity index (χ1v) is 7.77. The van der Waals surface area contributed by atoms with E-state index in [1.54, 1.807) is 7.11 Å². The molecule has 0 saturated heterocycles. The molecule has 0 heterocycles. The number of halogens is 1. The Morgan fingerprint density at radius 1 is 1.29 bits per heavy atom. The quantitative estimate of drug-likeness (QED) is 0.627. The van der Waals surface area contributed by atoms with Crippen LogP contribution in [0.5, 0.6) is 5.75 Å². The molecule has 2 N–H and O–H groups in total. The molecule has 0 aromatic heterocycles. The number of hydrogen-bond acceptors (Lipinski definition) is 5. The second-order valence-electron chi connectivity index (χ2n) is 4.87. The zero-order valence-corrected chi connectivity index (χ0v) is 14.4. The first kappa shape index (κ1) is 18.2. The third-order valence-electron chi connectivity index (χ3n) is 2.68. The number of aliphatic hydroxyl groups excluding tert-OH is 1. The van der Waals surface area contributed by atoms with Crippen molar-refractivity contribution in [3.8, 4) is 5.75 Å². The molecule has 0 bridgehead atoms. The molecule has 1 aromatic rings. The molecule has 0 amide bonds. The largest absolute Gasteiger partial charge is 0.495 e. The van der Waals surface area contributed by atoms with Gasteiger partial charge in [-0.2, -0.15) is 0 Å². The molecule has 0 aliphatic rings. The number of rotatable bonds is 10. The first-order valence-electron chi connectivity index (χ1n) is 6.97. The Kier molecular flexibility index (Phi) is 8.68. The Bertz CT molecular complexity index is 415. The molecule has 1 aromatic carbocycles. The smallest absolute Gasteiger partial charge is 0.142 e. The molecular weight excluding hydrogens is 338 g/mol. The van der Waals surface area contributed by atoms with E-state index in [1.165, 1.54) is 0 Å². The Labute approximate surface area is 134 Å². The maximum absolute atomic E-state index is 9.87. The van der Waals surface area contributed by atoms with E-state index in [1.807, 2.05) is 32.0 Å². The van der Waals surface area contributed by atoms with Gasteiger partial charge >= 0.3 is 0 Å². The SMILES string of the molecule is COc1ccc(Br)cc1NCC(O)COCCOC(C)C. The van der Waals surface area contributed by atoms with Crippen molar-refractivity contribution < 1.29 is 19.3 Å². The third-order valence-corrected chi connectivity index (χ3v) is 3.17. The van der Waals surface area contributed by atoms with Gasteiger partial charge in [0.1, 0.15) is 5.75 Å². The predicted molar refractivity (Wildman–Crippen MR) is 87.1 cm³/mol. The molecule has 1 unspecified atom stereocenters. The lowest BCUT2D eigenvalue weighted by atomic mass is 10.2. The zero-order valence-electron chi connectivity index (χ0n) is 12.8. The molecule has 6 heteroatoms. The van der Waals surface area contributed by atoms with Gasteiger partial charge in [-0.1, -0.05) is 15.9 Å². The summed E-state index contributed by atoms with van der Waals surface area (Å²) < 4.78 is 16.9. The van der Waals surface area contributed by atoms with Crippen LogP contribution in [0, 0.1) is 0 Å². The Hall–Kier alpha value is -0.820. The van der Waals surface area contributed by atoms with Crippen molar-refractivity contribution in [3.05, 3.63) is 22.7 Å². The van der Waals surface area contributed by atoms with Gasteiger partial charge in [-0.25, -0.2) is 0 Å². The number of benzene rings is 1. The van der Waals surface area contributed by atoms with Gasteiger partial charge in [-0.15, -0.1) is 0 Å². The lowest BCUT2D eigenvalue weighted by Gasteiger charge is -2.16. The Balaban J connectivity index is 2.26. The minimum absolute atomic E-state index is 0.198. The van der Waals surface area contributed by atoms with Crippen molar-refractivity contribution in [3.63, 3.8) is 0 Å². The number of aliphatic hydroxyl groups is 1. The summed E-state index contributed by atoms with van der Waals surface area (Å²) in [5.41, 5.74) is 0.828. The highest BCUT2D eigenvalue weighted by molar-refractivity contribution is 9.10. The summed E-state index contributed by atoms with van der Waals surface area (Å²) in [6.45, 7) is 5.63. The summed E-state index contributed by atoms with van der Waals surface area (Å²) >= 11 is 3.41. The van der Waals surface area contributed by atoms with Crippen LogP contribution in [-0.4, -0.2) is 50.8 Å². The average molecular weight is 362 g/mol. The Morgan fingerprint density at radius 2 is 2.05 bits per heavy atom. The van der Waals surface area contributed by atoms with Crippen LogP contribution in [0.3, 0.4) is 0 Å². The fourth-order valence-electron chi connectivity index (χ4n) is 1.67. The van der Waals surface area contributed by atoms with Gasteiger partial charge < -0.3 is 24.6 Å². The van der Waals surface area contributed by atoms with Crippen LogP contribution in [0.15, 0.2) is 22.7 Å². The number of hydrogen-bond donors (Lipinski definition) is 2. The lowest BCUT2D eigenvalue weighted by molar-refractivity contribution is -0.00734. The zero-order chi connectivity index (χ0) is 15.7. The topological polar surface area (TPSA) is 60.0 Å². The number of methoxy groups -OCH3 is 1. The molecule has 0 saturated carbocycles.